The minimum absolute atomic E-state index is 0.00132. The Morgan fingerprint density at radius 1 is 1.00 bits per heavy atom. The second-order valence-corrected chi connectivity index (χ2v) is 9.26. The number of hydrogen-bond acceptors (Lipinski definition) is 3. The van der Waals surface area contributed by atoms with E-state index < -0.39 is 0 Å². The number of carbonyl (C=O) groups excluding carboxylic acids is 1. The standard InChI is InChI=1S/C29H32ClN3O2/c1-21-8-7-11-27(22(21)2)35-19-6-5-18-33-26-10-4-3-9-25(26)32-28(33)16-17-31-29(34)20-23-12-14-24(30)15-13-23/h3-4,7-15H,5-6,16-20H2,1-2H3,(H,31,34). The van der Waals surface area contributed by atoms with E-state index in [1.165, 1.54) is 11.1 Å². The number of amides is 1. The van der Waals surface area contributed by atoms with Gasteiger partial charge in [-0.1, -0.05) is 48.0 Å². The maximum absolute atomic E-state index is 12.4. The summed E-state index contributed by atoms with van der Waals surface area (Å²) in [7, 11) is 0. The molecule has 0 aliphatic heterocycles. The van der Waals surface area contributed by atoms with Crippen molar-refractivity contribution in [2.24, 2.45) is 0 Å². The Kier molecular flexibility index (Phi) is 8.43. The maximum Gasteiger partial charge on any atom is 0.224 e. The third-order valence-electron chi connectivity index (χ3n) is 6.27. The minimum atomic E-state index is -0.00132. The SMILES string of the molecule is Cc1cccc(OCCCCn2c(CCNC(=O)Cc3ccc(Cl)cc3)nc3ccccc32)c1C. The number of nitrogens with zero attached hydrogens (tertiary/aromatic N) is 2. The van der Waals surface area contributed by atoms with Gasteiger partial charge in [0.15, 0.2) is 0 Å². The van der Waals surface area contributed by atoms with Gasteiger partial charge in [0.05, 0.1) is 24.1 Å². The molecule has 35 heavy (non-hydrogen) atoms. The van der Waals surface area contributed by atoms with Crippen molar-refractivity contribution in [3.8, 4) is 5.75 Å². The van der Waals surface area contributed by atoms with Crippen molar-refractivity contribution in [3.05, 3.63) is 94.3 Å². The highest BCUT2D eigenvalue weighted by Crippen LogP contribution is 2.21. The van der Waals surface area contributed by atoms with E-state index in [1.54, 1.807) is 12.1 Å². The van der Waals surface area contributed by atoms with Crippen molar-refractivity contribution in [2.75, 3.05) is 13.2 Å². The summed E-state index contributed by atoms with van der Waals surface area (Å²) in [4.78, 5) is 17.2. The first-order valence-electron chi connectivity index (χ1n) is 12.2. The Balaban J connectivity index is 1.30. The van der Waals surface area contributed by atoms with Gasteiger partial charge in [0.25, 0.3) is 0 Å². The highest BCUT2D eigenvalue weighted by atomic mass is 35.5. The molecule has 1 N–H and O–H groups in total. The Labute approximate surface area is 212 Å². The van der Waals surface area contributed by atoms with Gasteiger partial charge in [-0.3, -0.25) is 4.79 Å². The van der Waals surface area contributed by atoms with Crippen LogP contribution < -0.4 is 10.1 Å². The van der Waals surface area contributed by atoms with Crippen LogP contribution in [0.2, 0.25) is 5.02 Å². The number of unbranched alkanes of at least 4 members (excludes halogenated alkanes) is 1. The normalized spacial score (nSPS) is 11.1. The van der Waals surface area contributed by atoms with Gasteiger partial charge in [0.2, 0.25) is 5.91 Å². The van der Waals surface area contributed by atoms with Gasteiger partial charge in [0.1, 0.15) is 11.6 Å². The van der Waals surface area contributed by atoms with Crippen LogP contribution in [0, 0.1) is 13.8 Å². The van der Waals surface area contributed by atoms with Crippen molar-refractivity contribution in [1.82, 2.24) is 14.9 Å². The van der Waals surface area contributed by atoms with E-state index in [2.05, 4.69) is 35.9 Å². The van der Waals surface area contributed by atoms with Gasteiger partial charge in [-0.2, -0.15) is 0 Å². The molecule has 0 radical (unpaired) electrons. The highest BCUT2D eigenvalue weighted by molar-refractivity contribution is 6.30. The second kappa shape index (κ2) is 11.9. The summed E-state index contributed by atoms with van der Waals surface area (Å²) in [5.74, 6) is 1.96. The van der Waals surface area contributed by atoms with Crippen LogP contribution in [0.15, 0.2) is 66.7 Å². The number of aryl methyl sites for hydroxylation is 2. The molecule has 1 amide bonds. The Bertz CT molecular complexity index is 1280. The van der Waals surface area contributed by atoms with Crippen LogP contribution in [0.3, 0.4) is 0 Å². The number of carbonyl (C=O) groups is 1. The van der Waals surface area contributed by atoms with Crippen LogP contribution >= 0.6 is 11.6 Å². The van der Waals surface area contributed by atoms with Gasteiger partial charge in [-0.05, 0) is 73.7 Å². The summed E-state index contributed by atoms with van der Waals surface area (Å²) in [6.07, 6.45) is 2.96. The molecule has 6 heteroatoms. The summed E-state index contributed by atoms with van der Waals surface area (Å²) in [5.41, 5.74) is 5.51. The van der Waals surface area contributed by atoms with Crippen LogP contribution in [0.25, 0.3) is 11.0 Å². The maximum atomic E-state index is 12.4. The van der Waals surface area contributed by atoms with E-state index in [-0.39, 0.29) is 5.91 Å². The van der Waals surface area contributed by atoms with Gasteiger partial charge in [0, 0.05) is 24.5 Å². The summed E-state index contributed by atoms with van der Waals surface area (Å²) < 4.78 is 8.30. The molecule has 4 rings (SSSR count). The summed E-state index contributed by atoms with van der Waals surface area (Å²) in [5, 5.41) is 3.70. The fourth-order valence-corrected chi connectivity index (χ4v) is 4.29. The summed E-state index contributed by atoms with van der Waals surface area (Å²) in [6, 6.07) is 21.7. The first-order chi connectivity index (χ1) is 17.0. The van der Waals surface area contributed by atoms with Crippen LogP contribution in [-0.4, -0.2) is 28.6 Å². The molecule has 0 spiro atoms. The van der Waals surface area contributed by atoms with E-state index in [0.717, 1.165) is 47.6 Å². The number of fused-ring (bicyclic) bond motifs is 1. The second-order valence-electron chi connectivity index (χ2n) is 8.83. The molecule has 3 aromatic carbocycles. The zero-order chi connectivity index (χ0) is 24.6. The van der Waals surface area contributed by atoms with Crippen molar-refractivity contribution in [2.45, 2.75) is 46.1 Å². The van der Waals surface area contributed by atoms with E-state index in [0.29, 0.717) is 31.0 Å². The lowest BCUT2D eigenvalue weighted by Gasteiger charge is -2.12. The molecule has 0 saturated heterocycles. The number of hydrogen-bond donors (Lipinski definition) is 1. The van der Waals surface area contributed by atoms with Gasteiger partial charge < -0.3 is 14.6 Å². The van der Waals surface area contributed by atoms with Gasteiger partial charge >= 0.3 is 0 Å². The molecular formula is C29H32ClN3O2. The van der Waals surface area contributed by atoms with Gasteiger partial charge in [-0.15, -0.1) is 0 Å². The summed E-state index contributed by atoms with van der Waals surface area (Å²) in [6.45, 7) is 6.31. The third kappa shape index (κ3) is 6.64. The van der Waals surface area contributed by atoms with Crippen LogP contribution in [-0.2, 0) is 24.2 Å². The molecule has 0 aliphatic carbocycles. The van der Waals surface area contributed by atoms with Crippen molar-refractivity contribution in [1.29, 1.82) is 0 Å². The predicted octanol–water partition coefficient (Wildman–Crippen LogP) is 6.07. The fraction of sp³-hybridized carbons (Fsp3) is 0.310. The molecule has 0 aliphatic rings. The molecule has 0 fully saturated rings. The Morgan fingerprint density at radius 2 is 1.80 bits per heavy atom. The van der Waals surface area contributed by atoms with E-state index in [4.69, 9.17) is 21.3 Å². The average Bonchev–Trinajstić information content (AvgIpc) is 3.20. The number of ether oxygens (including phenoxy) is 1. The van der Waals surface area contributed by atoms with E-state index in [9.17, 15) is 4.79 Å². The molecule has 0 unspecified atom stereocenters. The summed E-state index contributed by atoms with van der Waals surface area (Å²) >= 11 is 5.92. The molecule has 0 saturated carbocycles. The first kappa shape index (κ1) is 24.8. The third-order valence-corrected chi connectivity index (χ3v) is 6.52. The van der Waals surface area contributed by atoms with E-state index >= 15 is 0 Å². The number of halogens is 1. The average molecular weight is 490 g/mol. The molecule has 182 valence electrons. The van der Waals surface area contributed by atoms with Crippen LogP contribution in [0.4, 0.5) is 0 Å². The van der Waals surface area contributed by atoms with Crippen molar-refractivity contribution >= 4 is 28.5 Å². The largest absolute Gasteiger partial charge is 0.493 e. The number of para-hydroxylation sites is 2. The fourth-order valence-electron chi connectivity index (χ4n) is 4.16. The van der Waals surface area contributed by atoms with Crippen molar-refractivity contribution in [3.63, 3.8) is 0 Å². The molecular weight excluding hydrogens is 458 g/mol. The lowest BCUT2D eigenvalue weighted by molar-refractivity contribution is -0.120. The molecule has 1 aromatic heterocycles. The smallest absolute Gasteiger partial charge is 0.224 e. The number of imidazole rings is 1. The lowest BCUT2D eigenvalue weighted by Crippen LogP contribution is -2.28. The molecule has 0 bridgehead atoms. The molecule has 5 nitrogen and oxygen atoms in total. The molecule has 4 aromatic rings. The lowest BCUT2D eigenvalue weighted by atomic mass is 10.1. The topological polar surface area (TPSA) is 56.1 Å². The monoisotopic (exact) mass is 489 g/mol. The predicted molar refractivity (Wildman–Crippen MR) is 142 cm³/mol. The number of nitrogens with one attached hydrogen (secondary N) is 1. The number of rotatable bonds is 11. The van der Waals surface area contributed by atoms with E-state index in [1.807, 2.05) is 42.5 Å². The van der Waals surface area contributed by atoms with Crippen molar-refractivity contribution < 1.29 is 9.53 Å². The Morgan fingerprint density at radius 3 is 2.63 bits per heavy atom. The number of aromatic nitrogens is 2. The number of benzene rings is 3. The zero-order valence-corrected chi connectivity index (χ0v) is 21.1. The van der Waals surface area contributed by atoms with Crippen LogP contribution in [0.1, 0.15) is 35.4 Å². The highest BCUT2D eigenvalue weighted by Gasteiger charge is 2.11. The minimum Gasteiger partial charge on any atom is -0.493 e. The Hall–Kier alpha value is -3.31. The van der Waals surface area contributed by atoms with Gasteiger partial charge in [-0.25, -0.2) is 4.98 Å². The molecule has 1 heterocycles. The quantitative estimate of drug-likeness (QED) is 0.260. The molecule has 0 atom stereocenters. The first-order valence-corrected chi connectivity index (χ1v) is 12.5. The van der Waals surface area contributed by atoms with Crippen LogP contribution in [0.5, 0.6) is 5.75 Å². The zero-order valence-electron chi connectivity index (χ0n) is 20.4.